The zero-order valence-electron chi connectivity index (χ0n) is 13.2. The Morgan fingerprint density at radius 2 is 2.08 bits per heavy atom. The number of halogens is 1. The normalized spacial score (nSPS) is 12.0. The molecule has 0 unspecified atom stereocenters. The van der Waals surface area contributed by atoms with E-state index in [-0.39, 0.29) is 29.7 Å². The second-order valence-electron chi connectivity index (χ2n) is 5.43. The second-order valence-corrected chi connectivity index (χ2v) is 5.43. The minimum absolute atomic E-state index is 0.0469. The van der Waals surface area contributed by atoms with Crippen LogP contribution in [-0.2, 0) is 11.4 Å². The highest BCUT2D eigenvalue weighted by Gasteiger charge is 2.25. The maximum atomic E-state index is 13.4. The van der Waals surface area contributed by atoms with Crippen molar-refractivity contribution in [2.24, 2.45) is 5.92 Å². The van der Waals surface area contributed by atoms with Gasteiger partial charge in [-0.25, -0.2) is 9.18 Å². The molecule has 0 saturated carbocycles. The van der Waals surface area contributed by atoms with Crippen LogP contribution in [0.25, 0.3) is 0 Å². The van der Waals surface area contributed by atoms with E-state index in [4.69, 9.17) is 14.4 Å². The first-order chi connectivity index (χ1) is 11.4. The summed E-state index contributed by atoms with van der Waals surface area (Å²) < 4.78 is 23.6. The van der Waals surface area contributed by atoms with E-state index in [0.717, 1.165) is 0 Å². The van der Waals surface area contributed by atoms with Crippen LogP contribution in [0, 0.1) is 11.7 Å². The lowest BCUT2D eigenvalue weighted by Crippen LogP contribution is -2.44. The van der Waals surface area contributed by atoms with Crippen LogP contribution in [0.15, 0.2) is 34.9 Å². The van der Waals surface area contributed by atoms with Gasteiger partial charge in [0.1, 0.15) is 12.6 Å². The van der Waals surface area contributed by atoms with E-state index in [1.807, 2.05) is 0 Å². The molecule has 24 heavy (non-hydrogen) atoms. The summed E-state index contributed by atoms with van der Waals surface area (Å²) in [7, 11) is 0. The van der Waals surface area contributed by atoms with Crippen LogP contribution < -0.4 is 10.1 Å². The van der Waals surface area contributed by atoms with Crippen LogP contribution >= 0.6 is 0 Å². The molecule has 2 rings (SSSR count). The summed E-state index contributed by atoms with van der Waals surface area (Å²) >= 11 is 0. The third-order valence-corrected chi connectivity index (χ3v) is 3.22. The van der Waals surface area contributed by atoms with Gasteiger partial charge in [0, 0.05) is 6.07 Å². The maximum Gasteiger partial charge on any atom is 0.326 e. The van der Waals surface area contributed by atoms with E-state index in [9.17, 15) is 14.0 Å². The summed E-state index contributed by atoms with van der Waals surface area (Å²) in [6.45, 7) is 3.23. The number of ether oxygens (including phenoxy) is 1. The molecule has 0 radical (unpaired) electrons. The van der Waals surface area contributed by atoms with Gasteiger partial charge in [0.15, 0.2) is 23.0 Å². The van der Waals surface area contributed by atoms with Gasteiger partial charge >= 0.3 is 5.97 Å². The Morgan fingerprint density at radius 3 is 2.71 bits per heavy atom. The van der Waals surface area contributed by atoms with Crippen LogP contribution in [0.2, 0.25) is 0 Å². The van der Waals surface area contributed by atoms with Crippen molar-refractivity contribution in [2.75, 3.05) is 0 Å². The lowest BCUT2D eigenvalue weighted by molar-refractivity contribution is -0.140. The van der Waals surface area contributed by atoms with Crippen molar-refractivity contribution in [1.82, 2.24) is 10.5 Å². The number of carbonyl (C=O) groups is 2. The van der Waals surface area contributed by atoms with Gasteiger partial charge in [0.25, 0.3) is 5.91 Å². The van der Waals surface area contributed by atoms with Crippen molar-refractivity contribution in [3.05, 3.63) is 47.6 Å². The number of para-hydroxylation sites is 1. The molecule has 1 heterocycles. The molecule has 7 nitrogen and oxygen atoms in total. The fraction of sp³-hybridized carbons (Fsp3) is 0.312. The monoisotopic (exact) mass is 336 g/mol. The standard InChI is InChI=1S/C16H17FN2O5/c1-9(2)14(16(21)22)18-15(20)12-7-10(24-19-12)8-23-13-6-4-3-5-11(13)17/h3-7,9,14H,8H2,1-2H3,(H,18,20)(H,21,22)/t14-/m1/s1. The predicted octanol–water partition coefficient (Wildman–Crippen LogP) is 2.23. The Balaban J connectivity index is 1.98. The molecule has 1 aromatic heterocycles. The Bertz CT molecular complexity index is 729. The minimum Gasteiger partial charge on any atom is -0.482 e. The van der Waals surface area contributed by atoms with Gasteiger partial charge in [-0.3, -0.25) is 4.79 Å². The number of hydrogen-bond acceptors (Lipinski definition) is 5. The summed E-state index contributed by atoms with van der Waals surface area (Å²) in [6.07, 6.45) is 0. The van der Waals surface area contributed by atoms with E-state index < -0.39 is 23.7 Å². The van der Waals surface area contributed by atoms with Gasteiger partial charge < -0.3 is 19.7 Å². The van der Waals surface area contributed by atoms with Crippen LogP contribution in [-0.4, -0.2) is 28.2 Å². The molecular weight excluding hydrogens is 319 g/mol. The predicted molar refractivity (Wildman–Crippen MR) is 81.0 cm³/mol. The Kier molecular flexibility index (Phi) is 5.51. The summed E-state index contributed by atoms with van der Waals surface area (Å²) in [4.78, 5) is 23.1. The largest absolute Gasteiger partial charge is 0.482 e. The highest BCUT2D eigenvalue weighted by Crippen LogP contribution is 2.17. The van der Waals surface area contributed by atoms with Crippen LogP contribution in [0.1, 0.15) is 30.1 Å². The molecule has 2 aromatic rings. The molecule has 0 bridgehead atoms. The van der Waals surface area contributed by atoms with Crippen LogP contribution in [0.3, 0.4) is 0 Å². The molecule has 128 valence electrons. The summed E-state index contributed by atoms with van der Waals surface area (Å²) in [5, 5.41) is 15.0. The number of carboxylic acid groups (broad SMARTS) is 1. The zero-order valence-corrected chi connectivity index (χ0v) is 13.2. The van der Waals surface area contributed by atoms with Crippen molar-refractivity contribution < 1.29 is 28.3 Å². The Morgan fingerprint density at radius 1 is 1.38 bits per heavy atom. The summed E-state index contributed by atoms with van der Waals surface area (Å²) in [5.74, 6) is -2.36. The number of rotatable bonds is 7. The average Bonchev–Trinajstić information content (AvgIpc) is 3.00. The number of benzene rings is 1. The number of carboxylic acids is 1. The molecule has 1 atom stereocenters. The van der Waals surface area contributed by atoms with E-state index in [1.165, 1.54) is 24.3 Å². The summed E-state index contributed by atoms with van der Waals surface area (Å²) in [6, 6.07) is 6.15. The van der Waals surface area contributed by atoms with Gasteiger partial charge in [-0.1, -0.05) is 31.1 Å². The molecule has 0 saturated heterocycles. The molecule has 0 spiro atoms. The third-order valence-electron chi connectivity index (χ3n) is 3.22. The summed E-state index contributed by atoms with van der Waals surface area (Å²) in [5.41, 5.74) is -0.0750. The molecular formula is C16H17FN2O5. The number of nitrogens with zero attached hydrogens (tertiary/aromatic N) is 1. The lowest BCUT2D eigenvalue weighted by Gasteiger charge is -2.16. The van der Waals surface area contributed by atoms with Crippen LogP contribution in [0.4, 0.5) is 4.39 Å². The first-order valence-corrected chi connectivity index (χ1v) is 7.25. The smallest absolute Gasteiger partial charge is 0.326 e. The van der Waals surface area contributed by atoms with Crippen LogP contribution in [0.5, 0.6) is 5.75 Å². The number of aromatic nitrogens is 1. The Labute approximate surface area is 137 Å². The topological polar surface area (TPSA) is 102 Å². The molecule has 0 aliphatic rings. The Hall–Kier alpha value is -2.90. The third kappa shape index (κ3) is 4.31. The fourth-order valence-corrected chi connectivity index (χ4v) is 1.93. The van der Waals surface area contributed by atoms with Gasteiger partial charge in [0.05, 0.1) is 0 Å². The first-order valence-electron chi connectivity index (χ1n) is 7.25. The molecule has 1 aromatic carbocycles. The molecule has 0 aliphatic carbocycles. The van der Waals surface area contributed by atoms with Gasteiger partial charge in [-0.2, -0.15) is 0 Å². The van der Waals surface area contributed by atoms with E-state index >= 15 is 0 Å². The molecule has 0 fully saturated rings. The second kappa shape index (κ2) is 7.58. The van der Waals surface area contributed by atoms with Crippen molar-refractivity contribution in [2.45, 2.75) is 26.5 Å². The highest BCUT2D eigenvalue weighted by molar-refractivity contribution is 5.94. The molecule has 1 amide bonds. The number of hydrogen-bond donors (Lipinski definition) is 2. The fourth-order valence-electron chi connectivity index (χ4n) is 1.93. The highest BCUT2D eigenvalue weighted by atomic mass is 19.1. The SMILES string of the molecule is CC(C)[C@@H](NC(=O)c1cc(COc2ccccc2F)on1)C(=O)O. The van der Waals surface area contributed by atoms with Gasteiger partial charge in [-0.05, 0) is 18.1 Å². The van der Waals surface area contributed by atoms with Crippen molar-refractivity contribution in [3.63, 3.8) is 0 Å². The van der Waals surface area contributed by atoms with Crippen molar-refractivity contribution in [1.29, 1.82) is 0 Å². The number of amides is 1. The number of nitrogens with one attached hydrogen (secondary N) is 1. The van der Waals surface area contributed by atoms with E-state index in [0.29, 0.717) is 0 Å². The average molecular weight is 336 g/mol. The molecule has 2 N–H and O–H groups in total. The minimum atomic E-state index is -1.13. The number of carbonyl (C=O) groups excluding carboxylic acids is 1. The van der Waals surface area contributed by atoms with Crippen molar-refractivity contribution in [3.8, 4) is 5.75 Å². The van der Waals surface area contributed by atoms with E-state index in [2.05, 4.69) is 10.5 Å². The number of aliphatic carboxylic acids is 1. The quantitative estimate of drug-likeness (QED) is 0.804. The van der Waals surface area contributed by atoms with E-state index in [1.54, 1.807) is 19.9 Å². The zero-order chi connectivity index (χ0) is 17.7. The maximum absolute atomic E-state index is 13.4. The molecule has 8 heteroatoms. The molecule has 0 aliphatic heterocycles. The van der Waals surface area contributed by atoms with Gasteiger partial charge in [-0.15, -0.1) is 0 Å². The first kappa shape index (κ1) is 17.5. The lowest BCUT2D eigenvalue weighted by atomic mass is 10.0. The van der Waals surface area contributed by atoms with Crippen molar-refractivity contribution >= 4 is 11.9 Å². The van der Waals surface area contributed by atoms with Gasteiger partial charge in [0.2, 0.25) is 0 Å².